The predicted octanol–water partition coefficient (Wildman–Crippen LogP) is 5.39. The Morgan fingerprint density at radius 1 is 0.800 bits per heavy atom. The Morgan fingerprint density at radius 3 is 1.76 bits per heavy atom. The molecule has 0 bridgehead atoms. The molecule has 25 heavy (non-hydrogen) atoms. The molecule has 0 aliphatic rings. The van der Waals surface area contributed by atoms with Crippen molar-refractivity contribution in [1.82, 2.24) is 0 Å². The van der Waals surface area contributed by atoms with Crippen LogP contribution in [0.15, 0.2) is 60.7 Å². The minimum atomic E-state index is -0.201. The Kier molecular flexibility index (Phi) is 7.39. The van der Waals surface area contributed by atoms with Crippen molar-refractivity contribution in [2.24, 2.45) is 0 Å². The Hall–Kier alpha value is -1.93. The highest BCUT2D eigenvalue weighted by molar-refractivity contribution is 5.81. The van der Waals surface area contributed by atoms with Crippen LogP contribution in [0.2, 0.25) is 0 Å². The molecule has 1 amide bonds. The van der Waals surface area contributed by atoms with Crippen molar-refractivity contribution >= 4 is 5.91 Å². The lowest BCUT2D eigenvalue weighted by atomic mass is 9.89. The molecule has 2 nitrogen and oxygen atoms in total. The topological polar surface area (TPSA) is 17.1 Å². The third-order valence-electron chi connectivity index (χ3n) is 4.93. The van der Waals surface area contributed by atoms with Crippen molar-refractivity contribution in [1.29, 1.82) is 0 Å². The van der Waals surface area contributed by atoms with Crippen LogP contribution in [-0.4, -0.2) is 31.0 Å². The molecule has 0 N–H and O–H groups in total. The van der Waals surface area contributed by atoms with Crippen LogP contribution >= 0.6 is 0 Å². The minimum absolute atomic E-state index is 0.201. The molecule has 0 heterocycles. The summed E-state index contributed by atoms with van der Waals surface area (Å²) in [4.78, 5) is 13.5. The summed E-state index contributed by atoms with van der Waals surface area (Å²) in [6.07, 6.45) is 6.13. The second-order valence-corrected chi connectivity index (χ2v) is 7.42. The molecule has 0 aliphatic carbocycles. The first kappa shape index (κ1) is 19.4. The number of rotatable bonds is 9. The van der Waals surface area contributed by atoms with E-state index in [4.69, 9.17) is 0 Å². The summed E-state index contributed by atoms with van der Waals surface area (Å²) in [5.74, 6) is 0.0703. The zero-order valence-electron chi connectivity index (χ0n) is 15.9. The van der Waals surface area contributed by atoms with E-state index in [-0.39, 0.29) is 11.8 Å². The van der Waals surface area contributed by atoms with Gasteiger partial charge in [0.15, 0.2) is 0 Å². The van der Waals surface area contributed by atoms with Crippen LogP contribution in [-0.2, 0) is 4.79 Å². The van der Waals surface area contributed by atoms with Crippen LogP contribution < -0.4 is 0 Å². The molecule has 0 unspecified atom stereocenters. The summed E-state index contributed by atoms with van der Waals surface area (Å²) < 4.78 is 0.431. The number of hydrogen-bond acceptors (Lipinski definition) is 1. The number of amides is 1. The highest BCUT2D eigenvalue weighted by Crippen LogP contribution is 2.28. The van der Waals surface area contributed by atoms with E-state index in [1.165, 1.54) is 25.7 Å². The third-order valence-corrected chi connectivity index (χ3v) is 4.93. The molecule has 2 rings (SSSR count). The maximum Gasteiger partial charge on any atom is 0.325 e. The van der Waals surface area contributed by atoms with Gasteiger partial charge in [-0.05, 0) is 24.0 Å². The third kappa shape index (κ3) is 5.54. The average molecular weight is 339 g/mol. The zero-order chi connectivity index (χ0) is 18.1. The van der Waals surface area contributed by atoms with E-state index in [1.54, 1.807) is 0 Å². The Balaban J connectivity index is 2.17. The molecule has 0 aliphatic heterocycles. The van der Waals surface area contributed by atoms with Gasteiger partial charge in [-0.25, -0.2) is 4.79 Å². The van der Waals surface area contributed by atoms with Crippen LogP contribution in [0.5, 0.6) is 0 Å². The zero-order valence-corrected chi connectivity index (χ0v) is 15.9. The van der Waals surface area contributed by atoms with Crippen molar-refractivity contribution in [2.45, 2.75) is 44.9 Å². The van der Waals surface area contributed by atoms with Gasteiger partial charge in [-0.2, -0.15) is 0 Å². The molecule has 0 spiro atoms. The standard InChI is InChI=1S/C23H32NO/c1-4-5-6-7-14-19-24(2,3)23(25)22(20-15-10-8-11-16-20)21-17-12-9-13-18-21/h8-13,15-18,22H,4-7,14,19H2,1-3H3/q+1. The lowest BCUT2D eigenvalue weighted by Crippen LogP contribution is -2.49. The predicted molar refractivity (Wildman–Crippen MR) is 105 cm³/mol. The first-order chi connectivity index (χ1) is 12.1. The van der Waals surface area contributed by atoms with Crippen LogP contribution in [0.1, 0.15) is 56.1 Å². The number of unbranched alkanes of at least 4 members (excludes halogenated alkanes) is 4. The van der Waals surface area contributed by atoms with E-state index in [0.29, 0.717) is 4.48 Å². The number of nitrogens with zero attached hydrogens (tertiary/aromatic N) is 1. The van der Waals surface area contributed by atoms with Gasteiger partial charge in [0.1, 0.15) is 5.92 Å². The largest absolute Gasteiger partial charge is 0.325 e. The van der Waals surface area contributed by atoms with Gasteiger partial charge in [0, 0.05) is 0 Å². The van der Waals surface area contributed by atoms with E-state index in [0.717, 1.165) is 24.1 Å². The molecule has 0 atom stereocenters. The van der Waals surface area contributed by atoms with Crippen molar-refractivity contribution in [3.63, 3.8) is 0 Å². The Bertz CT molecular complexity index is 594. The van der Waals surface area contributed by atoms with Crippen molar-refractivity contribution in [3.05, 3.63) is 71.8 Å². The van der Waals surface area contributed by atoms with Crippen molar-refractivity contribution in [3.8, 4) is 0 Å². The first-order valence-corrected chi connectivity index (χ1v) is 9.53. The molecule has 134 valence electrons. The van der Waals surface area contributed by atoms with Crippen molar-refractivity contribution < 1.29 is 9.28 Å². The first-order valence-electron chi connectivity index (χ1n) is 9.53. The Labute approximate surface area is 153 Å². The summed E-state index contributed by atoms with van der Waals surface area (Å²) in [6, 6.07) is 20.3. The summed E-state index contributed by atoms with van der Waals surface area (Å²) in [5.41, 5.74) is 2.16. The number of carbonyl (C=O) groups is 1. The lowest BCUT2D eigenvalue weighted by molar-refractivity contribution is -0.814. The normalized spacial score (nSPS) is 11.7. The number of hydrogen-bond donors (Lipinski definition) is 0. The minimum Gasteiger partial charge on any atom is -0.264 e. The highest BCUT2D eigenvalue weighted by atomic mass is 16.2. The maximum atomic E-state index is 13.5. The van der Waals surface area contributed by atoms with Crippen molar-refractivity contribution in [2.75, 3.05) is 20.6 Å². The van der Waals surface area contributed by atoms with Crippen LogP contribution in [0, 0.1) is 0 Å². The van der Waals surface area contributed by atoms with Gasteiger partial charge in [0.2, 0.25) is 0 Å². The number of quaternary nitrogens is 1. The maximum absolute atomic E-state index is 13.5. The Morgan fingerprint density at radius 2 is 1.28 bits per heavy atom. The van der Waals surface area contributed by atoms with Gasteiger partial charge in [-0.1, -0.05) is 86.8 Å². The summed E-state index contributed by atoms with van der Waals surface area (Å²) in [5, 5.41) is 0. The molecule has 2 aromatic rings. The smallest absolute Gasteiger partial charge is 0.264 e. The number of likely N-dealkylation sites (N-methyl/N-ethyl adjacent to an activating group) is 1. The van der Waals surface area contributed by atoms with E-state index in [2.05, 4.69) is 45.3 Å². The number of carbonyl (C=O) groups excluding carboxylic acids is 1. The van der Waals surface area contributed by atoms with Gasteiger partial charge in [-0.3, -0.25) is 4.48 Å². The second-order valence-electron chi connectivity index (χ2n) is 7.42. The summed E-state index contributed by atoms with van der Waals surface area (Å²) in [6.45, 7) is 3.13. The van der Waals surface area contributed by atoms with Crippen LogP contribution in [0.25, 0.3) is 0 Å². The SMILES string of the molecule is CCCCCCC[N+](C)(C)C(=O)C(c1ccccc1)c1ccccc1. The molecule has 2 heteroatoms. The van der Waals surface area contributed by atoms with E-state index < -0.39 is 0 Å². The fourth-order valence-corrected chi connectivity index (χ4v) is 3.34. The lowest BCUT2D eigenvalue weighted by Gasteiger charge is -2.31. The molecule has 0 radical (unpaired) electrons. The van der Waals surface area contributed by atoms with Gasteiger partial charge in [0.05, 0.1) is 20.6 Å². The van der Waals surface area contributed by atoms with E-state index in [1.807, 2.05) is 36.4 Å². The van der Waals surface area contributed by atoms with E-state index >= 15 is 0 Å². The van der Waals surface area contributed by atoms with E-state index in [9.17, 15) is 4.79 Å². The average Bonchev–Trinajstić information content (AvgIpc) is 2.63. The molecule has 0 saturated heterocycles. The molecular formula is C23H32NO+. The fourth-order valence-electron chi connectivity index (χ4n) is 3.34. The second kappa shape index (κ2) is 9.53. The molecular weight excluding hydrogens is 306 g/mol. The summed E-state index contributed by atoms with van der Waals surface area (Å²) in [7, 11) is 4.11. The monoisotopic (exact) mass is 338 g/mol. The fraction of sp³-hybridized carbons (Fsp3) is 0.435. The van der Waals surface area contributed by atoms with Gasteiger partial charge in [0.25, 0.3) is 0 Å². The molecule has 0 aromatic heterocycles. The quantitative estimate of drug-likeness (QED) is 0.442. The van der Waals surface area contributed by atoms with Gasteiger partial charge in [-0.15, -0.1) is 0 Å². The molecule has 0 saturated carbocycles. The highest BCUT2D eigenvalue weighted by Gasteiger charge is 2.35. The molecule has 0 fully saturated rings. The summed E-state index contributed by atoms with van der Waals surface area (Å²) >= 11 is 0. The number of benzene rings is 2. The van der Waals surface area contributed by atoms with Gasteiger partial charge < -0.3 is 0 Å². The van der Waals surface area contributed by atoms with Gasteiger partial charge >= 0.3 is 5.91 Å². The van der Waals surface area contributed by atoms with Crippen LogP contribution in [0.4, 0.5) is 0 Å². The molecule has 2 aromatic carbocycles. The van der Waals surface area contributed by atoms with Crippen LogP contribution in [0.3, 0.4) is 0 Å².